The van der Waals surface area contributed by atoms with E-state index >= 15 is 0 Å². The van der Waals surface area contributed by atoms with Gasteiger partial charge in [-0.3, -0.25) is 9.59 Å². The maximum absolute atomic E-state index is 13.5. The number of hydrogen-bond acceptors (Lipinski definition) is 2. The number of nitrogens with one attached hydrogen (secondary N) is 1. The van der Waals surface area contributed by atoms with E-state index in [1.807, 2.05) is 67.6 Å². The first-order chi connectivity index (χ1) is 15.6. The maximum atomic E-state index is 13.5. The van der Waals surface area contributed by atoms with Gasteiger partial charge in [0, 0.05) is 19.5 Å². The minimum absolute atomic E-state index is 0.126. The van der Waals surface area contributed by atoms with Crippen molar-refractivity contribution in [3.05, 3.63) is 107 Å². The molecule has 5 heteroatoms. The number of nitrogens with zero attached hydrogens (tertiary/aromatic N) is 1. The Hall–Kier alpha value is -3.47. The molecule has 3 aromatic carbocycles. The Kier molecular flexibility index (Phi) is 8.55. The van der Waals surface area contributed by atoms with Crippen molar-refractivity contribution < 1.29 is 14.0 Å². The molecule has 0 saturated heterocycles. The molecule has 0 heterocycles. The fraction of sp³-hybridized carbons (Fsp3) is 0.259. The molecule has 0 aromatic heterocycles. The molecular formula is C27H29FN2O2. The van der Waals surface area contributed by atoms with E-state index < -0.39 is 6.04 Å². The third-order valence-electron chi connectivity index (χ3n) is 5.28. The lowest BCUT2D eigenvalue weighted by atomic mass is 10.0. The first-order valence-electron chi connectivity index (χ1n) is 11.0. The Morgan fingerprint density at radius 1 is 0.875 bits per heavy atom. The summed E-state index contributed by atoms with van der Waals surface area (Å²) in [7, 11) is 0. The van der Waals surface area contributed by atoms with E-state index in [0.29, 0.717) is 13.0 Å². The Bertz CT molecular complexity index is 991. The average Bonchev–Trinajstić information content (AvgIpc) is 2.83. The second-order valence-corrected chi connectivity index (χ2v) is 7.74. The molecule has 0 fully saturated rings. The molecule has 3 rings (SSSR count). The Labute approximate surface area is 189 Å². The largest absolute Gasteiger partial charge is 0.354 e. The molecule has 0 aliphatic heterocycles. The van der Waals surface area contributed by atoms with Gasteiger partial charge in [-0.1, -0.05) is 79.7 Å². The highest BCUT2D eigenvalue weighted by atomic mass is 19.1. The van der Waals surface area contributed by atoms with Crippen LogP contribution < -0.4 is 5.32 Å². The minimum atomic E-state index is -0.768. The highest BCUT2D eigenvalue weighted by Crippen LogP contribution is 2.25. The number of halogens is 1. The lowest BCUT2D eigenvalue weighted by Gasteiger charge is -2.32. The SMILES string of the molecule is CCCNC(=O)[C@H](c1ccccc1)N(Cc1ccc(F)cc1)C(=O)CCc1ccccc1. The summed E-state index contributed by atoms with van der Waals surface area (Å²) >= 11 is 0. The standard InChI is InChI=1S/C27H29FN2O2/c1-2-19-29-27(32)26(23-11-7-4-8-12-23)30(20-22-13-16-24(28)17-14-22)25(31)18-15-21-9-5-3-6-10-21/h3-14,16-17,26H,2,15,18-20H2,1H3,(H,29,32)/t26-/m0/s1. The molecule has 0 radical (unpaired) electrons. The normalized spacial score (nSPS) is 11.6. The lowest BCUT2D eigenvalue weighted by molar-refractivity contribution is -0.141. The summed E-state index contributed by atoms with van der Waals surface area (Å²) in [5.41, 5.74) is 2.58. The number of amides is 2. The number of carbonyl (C=O) groups is 2. The van der Waals surface area contributed by atoms with Crippen molar-refractivity contribution in [1.82, 2.24) is 10.2 Å². The van der Waals surface area contributed by atoms with E-state index in [0.717, 1.165) is 23.1 Å². The van der Waals surface area contributed by atoms with Crippen LogP contribution in [0.5, 0.6) is 0 Å². The highest BCUT2D eigenvalue weighted by Gasteiger charge is 2.31. The van der Waals surface area contributed by atoms with E-state index in [4.69, 9.17) is 0 Å². The van der Waals surface area contributed by atoms with Crippen molar-refractivity contribution in [3.8, 4) is 0 Å². The fourth-order valence-corrected chi connectivity index (χ4v) is 3.60. The molecule has 0 unspecified atom stereocenters. The van der Waals surface area contributed by atoms with Crippen LogP contribution in [0.2, 0.25) is 0 Å². The van der Waals surface area contributed by atoms with Crippen molar-refractivity contribution in [3.63, 3.8) is 0 Å². The maximum Gasteiger partial charge on any atom is 0.247 e. The van der Waals surface area contributed by atoms with E-state index in [1.165, 1.54) is 12.1 Å². The Morgan fingerprint density at radius 3 is 2.12 bits per heavy atom. The highest BCUT2D eigenvalue weighted by molar-refractivity contribution is 5.88. The van der Waals surface area contributed by atoms with Crippen LogP contribution in [0.1, 0.15) is 42.5 Å². The predicted molar refractivity (Wildman–Crippen MR) is 124 cm³/mol. The summed E-state index contributed by atoms with van der Waals surface area (Å²) in [6.07, 6.45) is 1.65. The van der Waals surface area contributed by atoms with Crippen molar-refractivity contribution >= 4 is 11.8 Å². The molecule has 166 valence electrons. The number of carbonyl (C=O) groups excluding carboxylic acids is 2. The minimum Gasteiger partial charge on any atom is -0.354 e. The molecule has 2 amide bonds. The monoisotopic (exact) mass is 432 g/mol. The van der Waals surface area contributed by atoms with E-state index in [1.54, 1.807) is 17.0 Å². The summed E-state index contributed by atoms with van der Waals surface area (Å²) in [6, 6.07) is 24.4. The predicted octanol–water partition coefficient (Wildman–Crippen LogP) is 5.05. The summed E-state index contributed by atoms with van der Waals surface area (Å²) in [5.74, 6) is -0.678. The molecule has 4 nitrogen and oxygen atoms in total. The summed E-state index contributed by atoms with van der Waals surface area (Å²) < 4.78 is 13.4. The van der Waals surface area contributed by atoms with Gasteiger partial charge in [0.25, 0.3) is 0 Å². The molecule has 0 aliphatic carbocycles. The molecule has 3 aromatic rings. The van der Waals surface area contributed by atoms with Crippen LogP contribution in [0, 0.1) is 5.82 Å². The molecule has 0 saturated carbocycles. The van der Waals surface area contributed by atoms with Gasteiger partial charge in [-0.2, -0.15) is 0 Å². The van der Waals surface area contributed by atoms with Gasteiger partial charge in [-0.15, -0.1) is 0 Å². The van der Waals surface area contributed by atoms with Crippen LogP contribution in [0.3, 0.4) is 0 Å². The van der Waals surface area contributed by atoms with Gasteiger partial charge >= 0.3 is 0 Å². The van der Waals surface area contributed by atoms with Gasteiger partial charge in [0.15, 0.2) is 0 Å². The van der Waals surface area contributed by atoms with Gasteiger partial charge in [0.2, 0.25) is 11.8 Å². The molecule has 32 heavy (non-hydrogen) atoms. The van der Waals surface area contributed by atoms with Crippen LogP contribution in [0.25, 0.3) is 0 Å². The van der Waals surface area contributed by atoms with Crippen LogP contribution in [-0.2, 0) is 22.6 Å². The zero-order valence-electron chi connectivity index (χ0n) is 18.3. The average molecular weight is 433 g/mol. The zero-order valence-corrected chi connectivity index (χ0v) is 18.3. The molecule has 0 aliphatic rings. The van der Waals surface area contributed by atoms with Crippen molar-refractivity contribution in [2.24, 2.45) is 0 Å². The van der Waals surface area contributed by atoms with Crippen LogP contribution in [-0.4, -0.2) is 23.3 Å². The number of aryl methyl sites for hydroxylation is 1. The molecule has 0 bridgehead atoms. The number of rotatable bonds is 10. The van der Waals surface area contributed by atoms with Gasteiger partial charge < -0.3 is 10.2 Å². The molecule has 0 spiro atoms. The van der Waals surface area contributed by atoms with E-state index in [-0.39, 0.29) is 30.6 Å². The lowest BCUT2D eigenvalue weighted by Crippen LogP contribution is -2.43. The summed E-state index contributed by atoms with van der Waals surface area (Å²) in [4.78, 5) is 28.3. The molecule has 1 N–H and O–H groups in total. The fourth-order valence-electron chi connectivity index (χ4n) is 3.60. The second kappa shape index (κ2) is 11.8. The zero-order chi connectivity index (χ0) is 22.8. The second-order valence-electron chi connectivity index (χ2n) is 7.74. The Balaban J connectivity index is 1.91. The smallest absolute Gasteiger partial charge is 0.247 e. The van der Waals surface area contributed by atoms with E-state index in [9.17, 15) is 14.0 Å². The topological polar surface area (TPSA) is 49.4 Å². The first-order valence-corrected chi connectivity index (χ1v) is 11.0. The quantitative estimate of drug-likeness (QED) is 0.487. The Morgan fingerprint density at radius 2 is 1.50 bits per heavy atom. The van der Waals surface area contributed by atoms with Crippen LogP contribution in [0.15, 0.2) is 84.9 Å². The van der Waals surface area contributed by atoms with Crippen molar-refractivity contribution in [1.29, 1.82) is 0 Å². The summed E-state index contributed by atoms with van der Waals surface area (Å²) in [6.45, 7) is 2.73. The molecular weight excluding hydrogens is 403 g/mol. The van der Waals surface area contributed by atoms with Gasteiger partial charge in [0.1, 0.15) is 11.9 Å². The van der Waals surface area contributed by atoms with Crippen LogP contribution in [0.4, 0.5) is 4.39 Å². The van der Waals surface area contributed by atoms with Gasteiger partial charge in [0.05, 0.1) is 0 Å². The first kappa shape index (κ1) is 23.2. The third-order valence-corrected chi connectivity index (χ3v) is 5.28. The third kappa shape index (κ3) is 6.51. The van der Waals surface area contributed by atoms with Gasteiger partial charge in [-0.05, 0) is 41.7 Å². The number of benzene rings is 3. The van der Waals surface area contributed by atoms with E-state index in [2.05, 4.69) is 5.32 Å². The van der Waals surface area contributed by atoms with Crippen molar-refractivity contribution in [2.45, 2.75) is 38.8 Å². The van der Waals surface area contributed by atoms with Gasteiger partial charge in [-0.25, -0.2) is 4.39 Å². The van der Waals surface area contributed by atoms with Crippen molar-refractivity contribution in [2.75, 3.05) is 6.54 Å². The number of hydrogen-bond donors (Lipinski definition) is 1. The van der Waals surface area contributed by atoms with Crippen LogP contribution >= 0.6 is 0 Å². The summed E-state index contributed by atoms with van der Waals surface area (Å²) in [5, 5.41) is 2.94. The molecule has 1 atom stereocenters.